The van der Waals surface area contributed by atoms with Gasteiger partial charge in [0.1, 0.15) is 5.60 Å². The van der Waals surface area contributed by atoms with E-state index in [0.717, 1.165) is 27.6 Å². The van der Waals surface area contributed by atoms with Gasteiger partial charge >= 0.3 is 6.09 Å². The van der Waals surface area contributed by atoms with E-state index in [1.807, 2.05) is 71.0 Å². The maximum absolute atomic E-state index is 12.1. The first-order valence-electron chi connectivity index (χ1n) is 8.90. The van der Waals surface area contributed by atoms with Crippen molar-refractivity contribution in [1.82, 2.24) is 15.2 Å². The van der Waals surface area contributed by atoms with Gasteiger partial charge in [0.05, 0.1) is 17.3 Å². The summed E-state index contributed by atoms with van der Waals surface area (Å²) in [5.74, 6) is 5.77. The molecular formula is C21H26N4O2. The van der Waals surface area contributed by atoms with Crippen molar-refractivity contribution in [3.8, 4) is 11.1 Å². The SMILES string of the molecule is CC(C)(C)OC(=O)NC(C)(C)c1ccc(-c2ccc3c(cnn3N)c2)cc1. The number of carbonyl (C=O) groups is 1. The second kappa shape index (κ2) is 6.61. The van der Waals surface area contributed by atoms with Gasteiger partial charge in [0, 0.05) is 5.39 Å². The molecule has 0 bridgehead atoms. The summed E-state index contributed by atoms with van der Waals surface area (Å²) in [6, 6.07) is 14.2. The molecule has 27 heavy (non-hydrogen) atoms. The van der Waals surface area contributed by atoms with Crippen LogP contribution in [0.5, 0.6) is 0 Å². The molecule has 0 aliphatic heterocycles. The summed E-state index contributed by atoms with van der Waals surface area (Å²) in [5, 5.41) is 7.99. The number of hydrogen-bond acceptors (Lipinski definition) is 4. The molecule has 0 unspecified atom stereocenters. The third-order valence-electron chi connectivity index (χ3n) is 4.35. The quantitative estimate of drug-likeness (QED) is 0.681. The van der Waals surface area contributed by atoms with Crippen molar-refractivity contribution in [3.63, 3.8) is 0 Å². The van der Waals surface area contributed by atoms with Crippen molar-refractivity contribution >= 4 is 17.0 Å². The Labute approximate surface area is 159 Å². The monoisotopic (exact) mass is 366 g/mol. The highest BCUT2D eigenvalue weighted by Gasteiger charge is 2.26. The standard InChI is InChI=1S/C21H26N4O2/c1-20(2,3)27-19(26)24-21(4,5)17-9-6-14(7-10-17)15-8-11-18-16(12-15)13-23-25(18)22/h6-13H,22H2,1-5H3,(H,24,26). The van der Waals surface area contributed by atoms with Crippen LogP contribution in [0.4, 0.5) is 4.79 Å². The van der Waals surface area contributed by atoms with Gasteiger partial charge in [0.15, 0.2) is 0 Å². The van der Waals surface area contributed by atoms with E-state index in [1.165, 1.54) is 4.79 Å². The zero-order valence-corrected chi connectivity index (χ0v) is 16.4. The predicted octanol–water partition coefficient (Wildman–Crippen LogP) is 4.18. The third-order valence-corrected chi connectivity index (χ3v) is 4.35. The van der Waals surface area contributed by atoms with E-state index >= 15 is 0 Å². The van der Waals surface area contributed by atoms with Crippen molar-refractivity contribution in [2.45, 2.75) is 45.8 Å². The van der Waals surface area contributed by atoms with Crippen LogP contribution in [-0.2, 0) is 10.3 Å². The lowest BCUT2D eigenvalue weighted by molar-refractivity contribution is 0.0470. The maximum Gasteiger partial charge on any atom is 0.408 e. The van der Waals surface area contributed by atoms with Gasteiger partial charge in [0.25, 0.3) is 0 Å². The van der Waals surface area contributed by atoms with Crippen molar-refractivity contribution < 1.29 is 9.53 Å². The highest BCUT2D eigenvalue weighted by Crippen LogP contribution is 2.27. The second-order valence-electron chi connectivity index (χ2n) is 8.19. The van der Waals surface area contributed by atoms with Gasteiger partial charge in [-0.15, -0.1) is 0 Å². The van der Waals surface area contributed by atoms with Crippen molar-refractivity contribution in [2.75, 3.05) is 5.84 Å². The van der Waals surface area contributed by atoms with E-state index in [1.54, 1.807) is 6.20 Å². The number of carbonyl (C=O) groups excluding carboxylic acids is 1. The van der Waals surface area contributed by atoms with Crippen LogP contribution in [0, 0.1) is 0 Å². The molecule has 2 aromatic carbocycles. The van der Waals surface area contributed by atoms with E-state index < -0.39 is 17.2 Å². The van der Waals surface area contributed by atoms with E-state index in [2.05, 4.69) is 16.5 Å². The molecule has 6 nitrogen and oxygen atoms in total. The molecule has 0 aliphatic rings. The van der Waals surface area contributed by atoms with Gasteiger partial charge in [-0.05, 0) is 63.4 Å². The van der Waals surface area contributed by atoms with Gasteiger partial charge in [-0.1, -0.05) is 30.3 Å². The Morgan fingerprint density at radius 2 is 1.67 bits per heavy atom. The van der Waals surface area contributed by atoms with Gasteiger partial charge < -0.3 is 15.9 Å². The summed E-state index contributed by atoms with van der Waals surface area (Å²) in [7, 11) is 0. The Bertz CT molecular complexity index is 966. The molecule has 0 saturated heterocycles. The second-order valence-corrected chi connectivity index (χ2v) is 8.19. The first-order valence-corrected chi connectivity index (χ1v) is 8.90. The third kappa shape index (κ3) is 4.22. The minimum Gasteiger partial charge on any atom is -0.444 e. The number of nitrogens with zero attached hydrogens (tertiary/aromatic N) is 2. The Balaban J connectivity index is 1.80. The van der Waals surface area contributed by atoms with E-state index in [9.17, 15) is 4.79 Å². The smallest absolute Gasteiger partial charge is 0.408 e. The molecule has 3 rings (SSSR count). The molecule has 0 saturated carbocycles. The first-order chi connectivity index (χ1) is 12.5. The van der Waals surface area contributed by atoms with Crippen LogP contribution in [0.2, 0.25) is 0 Å². The maximum atomic E-state index is 12.1. The molecule has 0 spiro atoms. The number of nitrogen functional groups attached to an aromatic ring is 1. The molecule has 0 fully saturated rings. The Morgan fingerprint density at radius 1 is 1.04 bits per heavy atom. The zero-order chi connectivity index (χ0) is 19.8. The normalized spacial score (nSPS) is 12.2. The molecule has 0 atom stereocenters. The molecule has 3 N–H and O–H groups in total. The number of alkyl carbamates (subject to hydrolysis) is 1. The molecule has 1 amide bonds. The minimum absolute atomic E-state index is 0.430. The van der Waals surface area contributed by atoms with Crippen LogP contribution in [0.15, 0.2) is 48.7 Å². The van der Waals surface area contributed by atoms with Crippen LogP contribution in [-0.4, -0.2) is 21.6 Å². The topological polar surface area (TPSA) is 82.2 Å². The average Bonchev–Trinajstić information content (AvgIpc) is 2.93. The van der Waals surface area contributed by atoms with Gasteiger partial charge in [0.2, 0.25) is 0 Å². The summed E-state index contributed by atoms with van der Waals surface area (Å²) in [4.78, 5) is 13.5. The molecular weight excluding hydrogens is 340 g/mol. The van der Waals surface area contributed by atoms with Crippen molar-refractivity contribution in [1.29, 1.82) is 0 Å². The van der Waals surface area contributed by atoms with E-state index in [0.29, 0.717) is 0 Å². The minimum atomic E-state index is -0.550. The molecule has 0 aliphatic carbocycles. The zero-order valence-electron chi connectivity index (χ0n) is 16.4. The number of nitrogens with one attached hydrogen (secondary N) is 1. The van der Waals surface area contributed by atoms with E-state index in [-0.39, 0.29) is 0 Å². The first kappa shape index (κ1) is 18.8. The lowest BCUT2D eigenvalue weighted by atomic mass is 9.92. The fourth-order valence-electron chi connectivity index (χ4n) is 2.94. The highest BCUT2D eigenvalue weighted by molar-refractivity contribution is 5.84. The lowest BCUT2D eigenvalue weighted by Gasteiger charge is -2.29. The summed E-state index contributed by atoms with van der Waals surface area (Å²) in [5.41, 5.74) is 2.97. The Kier molecular flexibility index (Phi) is 4.59. The number of hydrogen-bond donors (Lipinski definition) is 2. The molecule has 0 radical (unpaired) electrons. The van der Waals surface area contributed by atoms with Gasteiger partial charge in [-0.3, -0.25) is 0 Å². The molecule has 1 aromatic heterocycles. The van der Waals surface area contributed by atoms with Crippen LogP contribution >= 0.6 is 0 Å². The predicted molar refractivity (Wildman–Crippen MR) is 108 cm³/mol. The largest absolute Gasteiger partial charge is 0.444 e. The van der Waals surface area contributed by atoms with Crippen molar-refractivity contribution in [2.24, 2.45) is 0 Å². The van der Waals surface area contributed by atoms with Crippen LogP contribution in [0.25, 0.3) is 22.0 Å². The number of nitrogens with two attached hydrogens (primary N) is 1. The van der Waals surface area contributed by atoms with Crippen LogP contribution < -0.4 is 11.2 Å². The number of rotatable bonds is 3. The summed E-state index contributed by atoms with van der Waals surface area (Å²) >= 11 is 0. The number of amides is 1. The van der Waals surface area contributed by atoms with Crippen molar-refractivity contribution in [3.05, 3.63) is 54.2 Å². The van der Waals surface area contributed by atoms with Gasteiger partial charge in [-0.2, -0.15) is 9.89 Å². The van der Waals surface area contributed by atoms with Crippen LogP contribution in [0.1, 0.15) is 40.2 Å². The lowest BCUT2D eigenvalue weighted by Crippen LogP contribution is -2.43. The number of ether oxygens (including phenoxy) is 1. The number of aromatic nitrogens is 2. The Morgan fingerprint density at radius 3 is 2.30 bits per heavy atom. The number of benzene rings is 2. The fourth-order valence-corrected chi connectivity index (χ4v) is 2.94. The Hall–Kier alpha value is -3.02. The average molecular weight is 366 g/mol. The molecule has 3 aromatic rings. The summed E-state index contributed by atoms with van der Waals surface area (Å²) < 4.78 is 5.36. The molecule has 6 heteroatoms. The fraction of sp³-hybridized carbons (Fsp3) is 0.333. The summed E-state index contributed by atoms with van der Waals surface area (Å²) in [6.45, 7) is 9.44. The van der Waals surface area contributed by atoms with Crippen LogP contribution in [0.3, 0.4) is 0 Å². The van der Waals surface area contributed by atoms with E-state index in [4.69, 9.17) is 10.6 Å². The number of fused-ring (bicyclic) bond motifs is 1. The molecule has 142 valence electrons. The highest BCUT2D eigenvalue weighted by atomic mass is 16.6. The molecule has 1 heterocycles. The van der Waals surface area contributed by atoms with Gasteiger partial charge in [-0.25, -0.2) is 4.79 Å². The summed E-state index contributed by atoms with van der Waals surface area (Å²) in [6.07, 6.45) is 1.32.